The van der Waals surface area contributed by atoms with Crippen LogP contribution in [0.3, 0.4) is 0 Å². The third-order valence-electron chi connectivity index (χ3n) is 3.17. The molecule has 2 aromatic rings. The predicted molar refractivity (Wildman–Crippen MR) is 84.5 cm³/mol. The Bertz CT molecular complexity index is 604. The number of carbonyl (C=O) groups is 1. The maximum atomic E-state index is 11.7. The monoisotopic (exact) mass is 305 g/mol. The third kappa shape index (κ3) is 4.06. The van der Waals surface area contributed by atoms with Crippen LogP contribution in [0.1, 0.15) is 33.3 Å². The lowest BCUT2D eigenvalue weighted by Crippen LogP contribution is -2.05. The second-order valence-electron chi connectivity index (χ2n) is 4.69. The molecule has 0 aliphatic rings. The van der Waals surface area contributed by atoms with Gasteiger partial charge in [0.25, 0.3) is 0 Å². The molecule has 0 atom stereocenters. The number of nitrogen functional groups attached to an aromatic ring is 1. The molecule has 5 heteroatoms. The average Bonchev–Trinajstić information content (AvgIpc) is 2.87. The van der Waals surface area contributed by atoms with E-state index >= 15 is 0 Å². The summed E-state index contributed by atoms with van der Waals surface area (Å²) >= 11 is 1.43. The van der Waals surface area contributed by atoms with E-state index in [0.29, 0.717) is 17.2 Å². The van der Waals surface area contributed by atoms with Crippen molar-refractivity contribution in [3.8, 4) is 0 Å². The van der Waals surface area contributed by atoms with Crippen molar-refractivity contribution in [3.05, 3.63) is 51.9 Å². The number of hydrogen-bond acceptors (Lipinski definition) is 5. The van der Waals surface area contributed by atoms with Gasteiger partial charge in [-0.05, 0) is 37.0 Å². The van der Waals surface area contributed by atoms with Gasteiger partial charge in [0, 0.05) is 4.88 Å². The Labute approximate surface area is 128 Å². The minimum absolute atomic E-state index is 0.0602. The van der Waals surface area contributed by atoms with E-state index in [1.165, 1.54) is 16.9 Å². The number of esters is 1. The molecule has 21 heavy (non-hydrogen) atoms. The van der Waals surface area contributed by atoms with Gasteiger partial charge in [-0.1, -0.05) is 24.3 Å². The Morgan fingerprint density at radius 2 is 1.90 bits per heavy atom. The number of aliphatic hydroxyl groups excluding tert-OH is 1. The summed E-state index contributed by atoms with van der Waals surface area (Å²) in [5.41, 5.74) is 8.43. The summed E-state index contributed by atoms with van der Waals surface area (Å²) in [5, 5.41) is 9.52. The molecule has 4 nitrogen and oxygen atoms in total. The molecule has 0 amide bonds. The molecule has 0 unspecified atom stereocenters. The van der Waals surface area contributed by atoms with Gasteiger partial charge in [0.05, 0.1) is 18.8 Å². The molecular formula is C16H19NO3S. The van der Waals surface area contributed by atoms with E-state index in [0.717, 1.165) is 23.3 Å². The van der Waals surface area contributed by atoms with Crippen molar-refractivity contribution >= 4 is 22.3 Å². The summed E-state index contributed by atoms with van der Waals surface area (Å²) in [7, 11) is 0. The van der Waals surface area contributed by atoms with Crippen LogP contribution < -0.4 is 5.73 Å². The molecule has 1 aromatic heterocycles. The number of ether oxygens (including phenoxy) is 1. The van der Waals surface area contributed by atoms with Crippen LogP contribution in [-0.2, 0) is 24.2 Å². The molecule has 0 aliphatic heterocycles. The first-order chi connectivity index (χ1) is 10.1. The van der Waals surface area contributed by atoms with E-state index in [2.05, 4.69) is 0 Å². The molecule has 0 radical (unpaired) electrons. The molecule has 0 aliphatic carbocycles. The highest BCUT2D eigenvalue weighted by atomic mass is 32.1. The van der Waals surface area contributed by atoms with Crippen LogP contribution in [0.2, 0.25) is 0 Å². The smallest absolute Gasteiger partial charge is 0.341 e. The summed E-state index contributed by atoms with van der Waals surface area (Å²) in [4.78, 5) is 12.8. The lowest BCUT2D eigenvalue weighted by molar-refractivity contribution is 0.0528. The zero-order valence-electron chi connectivity index (χ0n) is 12.0. The second kappa shape index (κ2) is 7.24. The number of aliphatic hydroxyl groups is 1. The third-order valence-corrected chi connectivity index (χ3v) is 4.20. The number of benzene rings is 1. The Morgan fingerprint density at radius 1 is 1.24 bits per heavy atom. The first-order valence-electron chi connectivity index (χ1n) is 6.88. The Morgan fingerprint density at radius 3 is 2.52 bits per heavy atom. The van der Waals surface area contributed by atoms with Gasteiger partial charge in [-0.3, -0.25) is 0 Å². The average molecular weight is 305 g/mol. The Hall–Kier alpha value is -1.85. The second-order valence-corrected chi connectivity index (χ2v) is 5.85. The largest absolute Gasteiger partial charge is 0.462 e. The SMILES string of the molecule is CCOC(=O)c1cc(CCc2ccc(CO)cc2)sc1N. The molecule has 2 rings (SSSR count). The summed E-state index contributed by atoms with van der Waals surface area (Å²) in [6.07, 6.45) is 1.70. The molecule has 0 saturated carbocycles. The lowest BCUT2D eigenvalue weighted by atomic mass is 10.1. The van der Waals surface area contributed by atoms with Gasteiger partial charge in [0.2, 0.25) is 0 Å². The van der Waals surface area contributed by atoms with Crippen LogP contribution in [0.25, 0.3) is 0 Å². The zero-order chi connectivity index (χ0) is 15.2. The number of carbonyl (C=O) groups excluding carboxylic acids is 1. The standard InChI is InChI=1S/C16H19NO3S/c1-2-20-16(19)14-9-13(21-15(14)17)8-7-11-3-5-12(10-18)6-4-11/h3-6,9,18H,2,7-8,10,17H2,1H3. The topological polar surface area (TPSA) is 72.5 Å². The van der Waals surface area contributed by atoms with E-state index in [1.807, 2.05) is 30.3 Å². The number of hydrogen-bond donors (Lipinski definition) is 2. The summed E-state index contributed by atoms with van der Waals surface area (Å²) in [5.74, 6) is -0.357. The van der Waals surface area contributed by atoms with Crippen molar-refractivity contribution in [1.29, 1.82) is 0 Å². The summed E-state index contributed by atoms with van der Waals surface area (Å²) in [6.45, 7) is 2.18. The van der Waals surface area contributed by atoms with Gasteiger partial charge in [-0.2, -0.15) is 0 Å². The fourth-order valence-corrected chi connectivity index (χ4v) is 2.94. The number of aryl methyl sites for hydroxylation is 2. The van der Waals surface area contributed by atoms with Crippen LogP contribution in [-0.4, -0.2) is 17.7 Å². The van der Waals surface area contributed by atoms with E-state index < -0.39 is 0 Å². The number of nitrogens with two attached hydrogens (primary N) is 1. The van der Waals surface area contributed by atoms with Gasteiger partial charge >= 0.3 is 5.97 Å². The van der Waals surface area contributed by atoms with Crippen molar-refractivity contribution in [2.24, 2.45) is 0 Å². The molecule has 0 bridgehead atoms. The first kappa shape index (κ1) is 15.5. The molecular weight excluding hydrogens is 286 g/mol. The lowest BCUT2D eigenvalue weighted by Gasteiger charge is -2.01. The van der Waals surface area contributed by atoms with Crippen LogP contribution in [0, 0.1) is 0 Å². The highest BCUT2D eigenvalue weighted by Crippen LogP contribution is 2.27. The van der Waals surface area contributed by atoms with Crippen molar-refractivity contribution < 1.29 is 14.6 Å². The number of rotatable bonds is 6. The maximum absolute atomic E-state index is 11.7. The zero-order valence-corrected chi connectivity index (χ0v) is 12.8. The Balaban J connectivity index is 1.99. The molecule has 0 spiro atoms. The van der Waals surface area contributed by atoms with Crippen LogP contribution >= 0.6 is 11.3 Å². The van der Waals surface area contributed by atoms with Crippen molar-refractivity contribution in [3.63, 3.8) is 0 Å². The molecule has 112 valence electrons. The predicted octanol–water partition coefficient (Wildman–Crippen LogP) is 2.78. The fraction of sp³-hybridized carbons (Fsp3) is 0.312. The van der Waals surface area contributed by atoms with E-state index in [4.69, 9.17) is 15.6 Å². The van der Waals surface area contributed by atoms with Crippen LogP contribution in [0.15, 0.2) is 30.3 Å². The van der Waals surface area contributed by atoms with Gasteiger partial charge in [-0.15, -0.1) is 11.3 Å². The number of anilines is 1. The summed E-state index contributed by atoms with van der Waals surface area (Å²) < 4.78 is 4.97. The van der Waals surface area contributed by atoms with Gasteiger partial charge in [0.15, 0.2) is 0 Å². The quantitative estimate of drug-likeness (QED) is 0.805. The minimum atomic E-state index is -0.357. The minimum Gasteiger partial charge on any atom is -0.462 e. The summed E-state index contributed by atoms with van der Waals surface area (Å²) in [6, 6.07) is 9.67. The van der Waals surface area contributed by atoms with Gasteiger partial charge < -0.3 is 15.6 Å². The van der Waals surface area contributed by atoms with Crippen LogP contribution in [0.5, 0.6) is 0 Å². The molecule has 1 aromatic carbocycles. The maximum Gasteiger partial charge on any atom is 0.341 e. The van der Waals surface area contributed by atoms with Crippen molar-refractivity contribution in [1.82, 2.24) is 0 Å². The molecule has 3 N–H and O–H groups in total. The van der Waals surface area contributed by atoms with Crippen molar-refractivity contribution in [2.75, 3.05) is 12.3 Å². The normalized spacial score (nSPS) is 10.6. The molecule has 1 heterocycles. The fourth-order valence-electron chi connectivity index (χ4n) is 2.03. The van der Waals surface area contributed by atoms with Gasteiger partial charge in [-0.25, -0.2) is 4.79 Å². The van der Waals surface area contributed by atoms with E-state index in [-0.39, 0.29) is 12.6 Å². The Kier molecular flexibility index (Phi) is 5.36. The highest BCUT2D eigenvalue weighted by molar-refractivity contribution is 7.16. The molecule has 0 fully saturated rings. The van der Waals surface area contributed by atoms with Crippen LogP contribution in [0.4, 0.5) is 5.00 Å². The number of thiophene rings is 1. The van der Waals surface area contributed by atoms with E-state index in [1.54, 1.807) is 6.92 Å². The highest BCUT2D eigenvalue weighted by Gasteiger charge is 2.14. The molecule has 0 saturated heterocycles. The van der Waals surface area contributed by atoms with Gasteiger partial charge in [0.1, 0.15) is 5.00 Å². The first-order valence-corrected chi connectivity index (χ1v) is 7.69. The van der Waals surface area contributed by atoms with Crippen molar-refractivity contribution in [2.45, 2.75) is 26.4 Å². The van der Waals surface area contributed by atoms with E-state index in [9.17, 15) is 4.79 Å².